The van der Waals surface area contributed by atoms with Crippen LogP contribution in [-0.2, 0) is 32.5 Å². The Morgan fingerprint density at radius 3 is 0.898 bits per heavy atom. The van der Waals surface area contributed by atoms with E-state index in [1.165, 1.54) is 111 Å². The summed E-state index contributed by atoms with van der Waals surface area (Å²) < 4.78 is 0. The Hall–Kier alpha value is -9.50. The van der Waals surface area contributed by atoms with Crippen LogP contribution < -0.4 is 9.80 Å². The molecule has 2 unspecified atom stereocenters. The SMILES string of the molecule is CC(C)(C)c1ccc(C23c4ccc(cc4)C(C)(C)c4cccc(c4)N(c4ccccc4)c4ccc(c2c4)-c2ccc4c5c(ccc3c25)C2(c3ccc(C(C)(C)C)cc3)c3ccc(cc3)C(C)(C)c3cccc(c3)N(c3ccccc3)c3ccc-4c2c3)cc1. The molecular formula is C86H74N2. The van der Waals surface area contributed by atoms with Crippen molar-refractivity contribution in [3.05, 3.63) is 345 Å². The molecule has 428 valence electrons. The third-order valence-electron chi connectivity index (χ3n) is 21.0. The van der Waals surface area contributed by atoms with Crippen LogP contribution in [0.4, 0.5) is 34.1 Å². The maximum Gasteiger partial charge on any atom is 0.0714 e. The number of fused-ring (bicyclic) bond motifs is 6. The molecule has 0 aromatic heterocycles. The Kier molecular flexibility index (Phi) is 11.6. The molecule has 0 amide bonds. The molecule has 4 heterocycles. The van der Waals surface area contributed by atoms with Crippen LogP contribution in [-0.4, -0.2) is 0 Å². The van der Waals surface area contributed by atoms with Gasteiger partial charge in [-0.3, -0.25) is 0 Å². The molecule has 0 saturated carbocycles. The fourth-order valence-corrected chi connectivity index (χ4v) is 16.0. The molecule has 2 atom stereocenters. The van der Waals surface area contributed by atoms with E-state index in [1.54, 1.807) is 0 Å². The summed E-state index contributed by atoms with van der Waals surface area (Å²) in [6, 6.07) is 104. The molecule has 0 saturated heterocycles. The smallest absolute Gasteiger partial charge is 0.0714 e. The highest BCUT2D eigenvalue weighted by atomic mass is 15.1. The number of nitrogens with zero attached hydrogens (tertiary/aromatic N) is 2. The van der Waals surface area contributed by atoms with Gasteiger partial charge in [0.25, 0.3) is 0 Å². The van der Waals surface area contributed by atoms with Gasteiger partial charge in [-0.15, -0.1) is 0 Å². The van der Waals surface area contributed by atoms with E-state index in [0.29, 0.717) is 0 Å². The molecule has 88 heavy (non-hydrogen) atoms. The van der Waals surface area contributed by atoms with Crippen molar-refractivity contribution in [2.45, 2.75) is 102 Å². The van der Waals surface area contributed by atoms with Gasteiger partial charge < -0.3 is 9.80 Å². The van der Waals surface area contributed by atoms with Crippen molar-refractivity contribution in [3.63, 3.8) is 0 Å². The normalized spacial score (nSPS) is 18.1. The first-order valence-electron chi connectivity index (χ1n) is 31.6. The summed E-state index contributed by atoms with van der Waals surface area (Å²) in [5.41, 5.74) is 27.3. The van der Waals surface area contributed by atoms with Crippen molar-refractivity contribution in [1.29, 1.82) is 0 Å². The Bertz CT molecular complexity index is 4460. The van der Waals surface area contributed by atoms with Crippen molar-refractivity contribution < 1.29 is 0 Å². The molecule has 0 radical (unpaired) electrons. The minimum Gasteiger partial charge on any atom is -0.310 e. The third-order valence-corrected chi connectivity index (χ3v) is 21.0. The van der Waals surface area contributed by atoms with Gasteiger partial charge in [-0.25, -0.2) is 0 Å². The van der Waals surface area contributed by atoms with Crippen LogP contribution in [0.15, 0.2) is 267 Å². The minimum absolute atomic E-state index is 0.0433. The van der Waals surface area contributed by atoms with Gasteiger partial charge in [-0.05, 0) is 195 Å². The summed E-state index contributed by atoms with van der Waals surface area (Å²) in [7, 11) is 0. The van der Waals surface area contributed by atoms with Crippen molar-refractivity contribution in [2.75, 3.05) is 9.80 Å². The highest BCUT2D eigenvalue weighted by Crippen LogP contribution is 2.63. The maximum atomic E-state index is 2.58. The van der Waals surface area contributed by atoms with Gasteiger partial charge in [0.1, 0.15) is 0 Å². The lowest BCUT2D eigenvalue weighted by atomic mass is 9.55. The highest BCUT2D eigenvalue weighted by Gasteiger charge is 2.50. The van der Waals surface area contributed by atoms with Crippen molar-refractivity contribution in [2.24, 2.45) is 0 Å². The van der Waals surface area contributed by atoms with Crippen LogP contribution >= 0.6 is 0 Å². The van der Waals surface area contributed by atoms with Gasteiger partial charge in [-0.1, -0.05) is 263 Å². The fourth-order valence-electron chi connectivity index (χ4n) is 16.0. The molecular weight excluding hydrogens is 1060 g/mol. The number of hydrogen-bond donors (Lipinski definition) is 0. The number of benzene rings is 12. The van der Waals surface area contributed by atoms with Gasteiger partial charge in [0.2, 0.25) is 0 Å². The quantitative estimate of drug-likeness (QED) is 0.173. The number of anilines is 6. The molecule has 0 spiro atoms. The summed E-state index contributed by atoms with van der Waals surface area (Å²) in [4.78, 5) is 4.96. The van der Waals surface area contributed by atoms with Gasteiger partial charge in [0, 0.05) is 45.0 Å². The number of hydrogen-bond acceptors (Lipinski definition) is 2. The zero-order chi connectivity index (χ0) is 60.3. The van der Waals surface area contributed by atoms with E-state index in [0.717, 1.165) is 34.1 Å². The summed E-state index contributed by atoms with van der Waals surface area (Å²) >= 11 is 0. The van der Waals surface area contributed by atoms with Crippen molar-refractivity contribution >= 4 is 44.9 Å². The number of para-hydroxylation sites is 2. The van der Waals surface area contributed by atoms with Crippen LogP contribution in [0.1, 0.15) is 147 Å². The topological polar surface area (TPSA) is 6.48 Å². The summed E-state index contributed by atoms with van der Waals surface area (Å²) in [5.74, 6) is 0. The highest BCUT2D eigenvalue weighted by molar-refractivity contribution is 6.15. The lowest BCUT2D eigenvalue weighted by Crippen LogP contribution is -2.37. The van der Waals surface area contributed by atoms with Gasteiger partial charge in [0.15, 0.2) is 0 Å². The molecule has 0 N–H and O–H groups in total. The first kappa shape index (κ1) is 53.9. The predicted molar refractivity (Wildman–Crippen MR) is 370 cm³/mol. The third kappa shape index (κ3) is 7.67. The average Bonchev–Trinajstić information content (AvgIpc) is 0.732. The first-order chi connectivity index (χ1) is 42.4. The molecule has 0 fully saturated rings. The standard InChI is InChI=1S/C86H74N2/c1-81(2,3)55-27-35-59(36-28-55)85-61-39-31-57(32-40-61)83(7,8)63-19-17-25-67(51-63)87(65-21-13-11-14-22-65)69-43-45-71(77(85)53-69)73-47-48-74-72-46-44-70-54-78(72)86(76-50-49-75(85)79(73)80(74)76,60-37-29-56(30-38-60)82(4,5)6)62-41-33-58(34-42-62)84(9,10)64-20-18-26-68(52-64)88(70)66-23-15-12-16-24-66/h11-54H,1-10H3. The largest absolute Gasteiger partial charge is 0.310 e. The molecule has 6 aliphatic rings. The minimum atomic E-state index is -0.781. The van der Waals surface area contributed by atoms with Crippen molar-refractivity contribution in [3.8, 4) is 22.3 Å². The Balaban J connectivity index is 1.08. The lowest BCUT2D eigenvalue weighted by molar-refractivity contribution is 0.589. The van der Waals surface area contributed by atoms with E-state index in [2.05, 4.69) is 346 Å². The molecule has 12 aromatic carbocycles. The van der Waals surface area contributed by atoms with Crippen LogP contribution in [0.5, 0.6) is 0 Å². The van der Waals surface area contributed by atoms with Gasteiger partial charge in [-0.2, -0.15) is 0 Å². The Labute approximate surface area is 520 Å². The molecule has 18 rings (SSSR count). The molecule has 2 heteroatoms. The van der Waals surface area contributed by atoms with Crippen LogP contribution in [0.25, 0.3) is 33.0 Å². The molecule has 12 bridgehead atoms. The monoisotopic (exact) mass is 1130 g/mol. The zero-order valence-electron chi connectivity index (χ0n) is 52.3. The summed E-state index contributed by atoms with van der Waals surface area (Å²) in [5, 5.41) is 2.61. The molecule has 4 aliphatic heterocycles. The van der Waals surface area contributed by atoms with E-state index >= 15 is 0 Å². The van der Waals surface area contributed by atoms with E-state index < -0.39 is 10.8 Å². The first-order valence-corrected chi connectivity index (χ1v) is 31.6. The Morgan fingerprint density at radius 2 is 0.545 bits per heavy atom. The summed E-state index contributed by atoms with van der Waals surface area (Å²) in [6.45, 7) is 23.5. The van der Waals surface area contributed by atoms with E-state index in [1.807, 2.05) is 0 Å². The fraction of sp³-hybridized carbons (Fsp3) is 0.186. The predicted octanol–water partition coefficient (Wildman–Crippen LogP) is 22.4. The van der Waals surface area contributed by atoms with Crippen LogP contribution in [0.3, 0.4) is 0 Å². The molecule has 2 aliphatic carbocycles. The van der Waals surface area contributed by atoms with Crippen LogP contribution in [0, 0.1) is 0 Å². The molecule has 12 aromatic rings. The molecule has 2 nitrogen and oxygen atoms in total. The summed E-state index contributed by atoms with van der Waals surface area (Å²) in [6.07, 6.45) is 0. The van der Waals surface area contributed by atoms with Crippen LogP contribution in [0.2, 0.25) is 0 Å². The maximum absolute atomic E-state index is 2.58. The van der Waals surface area contributed by atoms with Gasteiger partial charge in [0.05, 0.1) is 10.8 Å². The number of rotatable bonds is 4. The zero-order valence-corrected chi connectivity index (χ0v) is 52.3. The Morgan fingerprint density at radius 1 is 0.239 bits per heavy atom. The van der Waals surface area contributed by atoms with E-state index in [9.17, 15) is 0 Å². The second kappa shape index (κ2) is 19.0. The second-order valence-corrected chi connectivity index (χ2v) is 28.5. The lowest BCUT2D eigenvalue weighted by Gasteiger charge is -2.47. The van der Waals surface area contributed by atoms with Crippen molar-refractivity contribution in [1.82, 2.24) is 0 Å². The second-order valence-electron chi connectivity index (χ2n) is 28.5. The van der Waals surface area contributed by atoms with E-state index in [4.69, 9.17) is 0 Å². The average molecular weight is 1140 g/mol. The van der Waals surface area contributed by atoms with Gasteiger partial charge >= 0.3 is 0 Å². The van der Waals surface area contributed by atoms with E-state index in [-0.39, 0.29) is 21.7 Å².